The minimum Gasteiger partial charge on any atom is -0.494 e. The average molecular weight is 308 g/mol. The van der Waals surface area contributed by atoms with Gasteiger partial charge in [-0.15, -0.1) is 0 Å². The fourth-order valence-electron chi connectivity index (χ4n) is 2.00. The van der Waals surface area contributed by atoms with E-state index in [0.717, 1.165) is 17.7 Å². The van der Waals surface area contributed by atoms with Gasteiger partial charge in [0.1, 0.15) is 11.6 Å². The summed E-state index contributed by atoms with van der Waals surface area (Å²) in [7, 11) is 0. The lowest BCUT2D eigenvalue weighted by atomic mass is 10.1. The highest BCUT2D eigenvalue weighted by Gasteiger charge is 2.09. The predicted octanol–water partition coefficient (Wildman–Crippen LogP) is 5.44. The van der Waals surface area contributed by atoms with Gasteiger partial charge in [0.2, 0.25) is 0 Å². The third-order valence-electron chi connectivity index (χ3n) is 3.16. The van der Waals surface area contributed by atoms with Crippen molar-refractivity contribution >= 4 is 17.3 Å². The molecule has 2 nitrogen and oxygen atoms in total. The Morgan fingerprint density at radius 2 is 1.90 bits per heavy atom. The molecule has 0 bridgehead atoms. The molecule has 2 rings (SSSR count). The van der Waals surface area contributed by atoms with Gasteiger partial charge in [-0.3, -0.25) is 0 Å². The second-order valence-corrected chi connectivity index (χ2v) is 5.34. The number of hydrogen-bond donors (Lipinski definition) is 1. The molecule has 0 amide bonds. The molecule has 0 aliphatic heterocycles. The van der Waals surface area contributed by atoms with Gasteiger partial charge < -0.3 is 10.1 Å². The lowest BCUT2D eigenvalue weighted by Crippen LogP contribution is -2.08. The molecule has 2 aromatic rings. The molecule has 0 aliphatic carbocycles. The van der Waals surface area contributed by atoms with E-state index in [1.807, 2.05) is 31.2 Å². The van der Waals surface area contributed by atoms with Crippen molar-refractivity contribution in [1.82, 2.24) is 0 Å². The Bertz CT molecular complexity index is 586. The number of nitrogens with one attached hydrogen (secondary N) is 1. The Morgan fingerprint density at radius 1 is 1.19 bits per heavy atom. The average Bonchev–Trinajstić information content (AvgIpc) is 2.48. The van der Waals surface area contributed by atoms with Crippen molar-refractivity contribution in [2.45, 2.75) is 26.3 Å². The largest absolute Gasteiger partial charge is 0.494 e. The van der Waals surface area contributed by atoms with Crippen LogP contribution in [-0.2, 0) is 0 Å². The summed E-state index contributed by atoms with van der Waals surface area (Å²) in [5.74, 6) is 0.503. The van der Waals surface area contributed by atoms with Crippen LogP contribution in [0.15, 0.2) is 42.5 Å². The Kier molecular flexibility index (Phi) is 5.45. The van der Waals surface area contributed by atoms with Gasteiger partial charge in [-0.05, 0) is 49.2 Å². The van der Waals surface area contributed by atoms with Gasteiger partial charge >= 0.3 is 0 Å². The van der Waals surface area contributed by atoms with E-state index in [1.54, 1.807) is 12.1 Å². The van der Waals surface area contributed by atoms with Gasteiger partial charge in [0, 0.05) is 11.1 Å². The fraction of sp³-hybridized carbons (Fsp3) is 0.294. The molecule has 0 saturated heterocycles. The summed E-state index contributed by atoms with van der Waals surface area (Å²) in [5, 5.41) is 3.53. The molecule has 0 radical (unpaired) electrons. The van der Waals surface area contributed by atoms with Crippen LogP contribution in [0.2, 0.25) is 5.02 Å². The third kappa shape index (κ3) is 4.36. The number of rotatable bonds is 6. The molecule has 0 aliphatic rings. The van der Waals surface area contributed by atoms with Crippen LogP contribution in [0, 0.1) is 5.82 Å². The zero-order valence-electron chi connectivity index (χ0n) is 12.2. The van der Waals surface area contributed by atoms with E-state index in [4.69, 9.17) is 16.3 Å². The lowest BCUT2D eigenvalue weighted by molar-refractivity contribution is 0.317. The molecule has 1 atom stereocenters. The first kappa shape index (κ1) is 15.6. The van der Waals surface area contributed by atoms with Gasteiger partial charge in [-0.2, -0.15) is 0 Å². The van der Waals surface area contributed by atoms with E-state index in [-0.39, 0.29) is 11.9 Å². The Hall–Kier alpha value is -1.74. The van der Waals surface area contributed by atoms with Crippen molar-refractivity contribution in [3.63, 3.8) is 0 Å². The minimum absolute atomic E-state index is 0.0131. The molecule has 1 N–H and O–H groups in total. The molecule has 21 heavy (non-hydrogen) atoms. The van der Waals surface area contributed by atoms with Crippen LogP contribution in [0.25, 0.3) is 0 Å². The highest BCUT2D eigenvalue weighted by molar-refractivity contribution is 6.30. The van der Waals surface area contributed by atoms with Crippen molar-refractivity contribution in [1.29, 1.82) is 0 Å². The van der Waals surface area contributed by atoms with Gasteiger partial charge in [0.15, 0.2) is 0 Å². The van der Waals surface area contributed by atoms with Crippen LogP contribution in [0.3, 0.4) is 0 Å². The first-order chi connectivity index (χ1) is 10.1. The number of ether oxygens (including phenoxy) is 1. The van der Waals surface area contributed by atoms with Crippen LogP contribution in [-0.4, -0.2) is 6.61 Å². The number of hydrogen-bond acceptors (Lipinski definition) is 2. The van der Waals surface area contributed by atoms with Crippen molar-refractivity contribution in [2.75, 3.05) is 11.9 Å². The minimum atomic E-state index is -0.350. The first-order valence-corrected chi connectivity index (χ1v) is 7.42. The number of anilines is 1. The third-order valence-corrected chi connectivity index (χ3v) is 3.39. The molecule has 0 aromatic heterocycles. The maximum atomic E-state index is 13.8. The summed E-state index contributed by atoms with van der Waals surface area (Å²) in [6.45, 7) is 4.76. The Morgan fingerprint density at radius 3 is 2.52 bits per heavy atom. The maximum Gasteiger partial charge on any atom is 0.147 e. The summed E-state index contributed by atoms with van der Waals surface area (Å²) in [5.41, 5.74) is 1.51. The fourth-order valence-corrected chi connectivity index (χ4v) is 2.15. The number of benzene rings is 2. The maximum absolute atomic E-state index is 13.8. The normalized spacial score (nSPS) is 12.0. The second kappa shape index (κ2) is 7.32. The van der Waals surface area contributed by atoms with Gasteiger partial charge in [-0.25, -0.2) is 4.39 Å². The smallest absolute Gasteiger partial charge is 0.147 e. The predicted molar refractivity (Wildman–Crippen MR) is 85.7 cm³/mol. The Balaban J connectivity index is 2.04. The highest BCUT2D eigenvalue weighted by Crippen LogP contribution is 2.25. The van der Waals surface area contributed by atoms with Crippen LogP contribution >= 0.6 is 11.6 Å². The molecule has 0 fully saturated rings. The molecular formula is C17H19ClFNO. The molecule has 0 heterocycles. The van der Waals surface area contributed by atoms with Crippen molar-refractivity contribution in [2.24, 2.45) is 0 Å². The van der Waals surface area contributed by atoms with E-state index < -0.39 is 0 Å². The monoisotopic (exact) mass is 307 g/mol. The van der Waals surface area contributed by atoms with Gasteiger partial charge in [0.05, 0.1) is 12.3 Å². The van der Waals surface area contributed by atoms with E-state index >= 15 is 0 Å². The molecule has 112 valence electrons. The van der Waals surface area contributed by atoms with E-state index in [1.165, 1.54) is 6.07 Å². The van der Waals surface area contributed by atoms with E-state index in [2.05, 4.69) is 12.2 Å². The lowest BCUT2D eigenvalue weighted by Gasteiger charge is -2.17. The highest BCUT2D eigenvalue weighted by atomic mass is 35.5. The standard InChI is InChI=1S/C17H19ClFNO/c1-3-10-21-15-7-4-13(5-8-15)12(2)20-17-9-6-14(18)11-16(17)19/h4-9,11-12,20H,3,10H2,1-2H3. The number of halogens is 2. The zero-order chi connectivity index (χ0) is 15.2. The van der Waals surface area contributed by atoms with E-state index in [9.17, 15) is 4.39 Å². The molecule has 0 spiro atoms. The van der Waals surface area contributed by atoms with Crippen molar-refractivity contribution in [3.8, 4) is 5.75 Å². The molecule has 0 saturated carbocycles. The molecule has 2 aromatic carbocycles. The zero-order valence-corrected chi connectivity index (χ0v) is 13.0. The Labute approximate surface area is 129 Å². The summed E-state index contributed by atoms with van der Waals surface area (Å²) in [6.07, 6.45) is 0.982. The van der Waals surface area contributed by atoms with Crippen molar-refractivity contribution in [3.05, 3.63) is 58.9 Å². The summed E-state index contributed by atoms with van der Waals surface area (Å²) >= 11 is 5.75. The topological polar surface area (TPSA) is 21.3 Å². The first-order valence-electron chi connectivity index (χ1n) is 7.04. The van der Waals surface area contributed by atoms with Crippen LogP contribution in [0.5, 0.6) is 5.75 Å². The van der Waals surface area contributed by atoms with Crippen molar-refractivity contribution < 1.29 is 9.13 Å². The van der Waals surface area contributed by atoms with Gasteiger partial charge in [0.25, 0.3) is 0 Å². The summed E-state index contributed by atoms with van der Waals surface area (Å²) in [6, 6.07) is 12.4. The SMILES string of the molecule is CCCOc1ccc(C(C)Nc2ccc(Cl)cc2F)cc1. The quantitative estimate of drug-likeness (QED) is 0.767. The van der Waals surface area contributed by atoms with E-state index in [0.29, 0.717) is 17.3 Å². The second-order valence-electron chi connectivity index (χ2n) is 4.91. The van der Waals surface area contributed by atoms with Crippen LogP contribution in [0.4, 0.5) is 10.1 Å². The molecule has 1 unspecified atom stereocenters. The molecule has 4 heteroatoms. The van der Waals surface area contributed by atoms with Crippen LogP contribution < -0.4 is 10.1 Å². The van der Waals surface area contributed by atoms with Crippen LogP contribution in [0.1, 0.15) is 31.9 Å². The summed E-state index contributed by atoms with van der Waals surface area (Å²) < 4.78 is 19.3. The van der Waals surface area contributed by atoms with Gasteiger partial charge in [-0.1, -0.05) is 30.7 Å². The summed E-state index contributed by atoms with van der Waals surface area (Å²) in [4.78, 5) is 0. The molecular weight excluding hydrogens is 289 g/mol.